The Morgan fingerprint density at radius 3 is 2.33 bits per heavy atom. The molecule has 36 heavy (non-hydrogen) atoms. The number of hydrogen-bond acceptors (Lipinski definition) is 4. The lowest BCUT2D eigenvalue weighted by Crippen LogP contribution is -2.18. The van der Waals surface area contributed by atoms with Crippen molar-refractivity contribution in [3.05, 3.63) is 114 Å². The minimum atomic E-state index is -0.379. The highest BCUT2D eigenvalue weighted by molar-refractivity contribution is 6.12. The van der Waals surface area contributed by atoms with Crippen LogP contribution < -0.4 is 5.32 Å². The summed E-state index contributed by atoms with van der Waals surface area (Å²) in [5.41, 5.74) is 4.14. The number of phenolic OH excluding ortho intramolecular Hbond substituents is 1. The standard InChI is InChI=1S/C30H22FNO4/c1-32-30(35)28-24-16-20(11-14-27(24)36-29(28)18-9-12-23(31)13-10-18)19-6-4-7-21(15-19)26(34)17-22-5-2-3-8-25(22)33/h2-16,33H,17H2,1H3,(H,32,35). The van der Waals surface area contributed by atoms with Crippen LogP contribution in [0.15, 0.2) is 95.4 Å². The largest absolute Gasteiger partial charge is 0.508 e. The van der Waals surface area contributed by atoms with Crippen molar-refractivity contribution in [3.8, 4) is 28.2 Å². The van der Waals surface area contributed by atoms with Crippen molar-refractivity contribution in [2.75, 3.05) is 7.05 Å². The molecule has 1 heterocycles. The average molecular weight is 480 g/mol. The first-order chi connectivity index (χ1) is 17.4. The highest BCUT2D eigenvalue weighted by atomic mass is 19.1. The lowest BCUT2D eigenvalue weighted by Gasteiger charge is -2.07. The summed E-state index contributed by atoms with van der Waals surface area (Å²) in [7, 11) is 1.54. The average Bonchev–Trinajstić information content (AvgIpc) is 3.29. The van der Waals surface area contributed by atoms with Gasteiger partial charge in [-0.15, -0.1) is 0 Å². The second-order valence-corrected chi connectivity index (χ2v) is 8.41. The SMILES string of the molecule is CNC(=O)c1c(-c2ccc(F)cc2)oc2ccc(-c3cccc(C(=O)Cc4ccccc4O)c3)cc12. The minimum absolute atomic E-state index is 0.0821. The molecule has 2 N–H and O–H groups in total. The highest BCUT2D eigenvalue weighted by Gasteiger charge is 2.22. The van der Waals surface area contributed by atoms with Crippen LogP contribution in [0, 0.1) is 5.82 Å². The Morgan fingerprint density at radius 1 is 0.861 bits per heavy atom. The van der Waals surface area contributed by atoms with Gasteiger partial charge >= 0.3 is 0 Å². The molecule has 6 heteroatoms. The van der Waals surface area contributed by atoms with E-state index < -0.39 is 0 Å². The minimum Gasteiger partial charge on any atom is -0.508 e. The van der Waals surface area contributed by atoms with E-state index in [-0.39, 0.29) is 29.7 Å². The molecule has 0 saturated heterocycles. The number of Topliss-reactive ketones (excluding diaryl/α,β-unsaturated/α-hetero) is 1. The van der Waals surface area contributed by atoms with Gasteiger partial charge in [0.05, 0.1) is 5.56 Å². The van der Waals surface area contributed by atoms with Crippen LogP contribution in [0.3, 0.4) is 0 Å². The molecule has 0 spiro atoms. The molecule has 0 fully saturated rings. The number of aromatic hydroxyl groups is 1. The van der Waals surface area contributed by atoms with Crippen molar-refractivity contribution in [3.63, 3.8) is 0 Å². The zero-order valence-electron chi connectivity index (χ0n) is 19.4. The second-order valence-electron chi connectivity index (χ2n) is 8.41. The maximum absolute atomic E-state index is 13.5. The van der Waals surface area contributed by atoms with Gasteiger partial charge in [-0.3, -0.25) is 9.59 Å². The first-order valence-electron chi connectivity index (χ1n) is 11.4. The molecule has 5 aromatic rings. The van der Waals surface area contributed by atoms with Crippen molar-refractivity contribution < 1.29 is 23.5 Å². The molecule has 0 unspecified atom stereocenters. The van der Waals surface area contributed by atoms with E-state index in [4.69, 9.17) is 4.42 Å². The quantitative estimate of drug-likeness (QED) is 0.276. The first-order valence-corrected chi connectivity index (χ1v) is 11.4. The van der Waals surface area contributed by atoms with E-state index in [1.807, 2.05) is 18.2 Å². The fourth-order valence-corrected chi connectivity index (χ4v) is 4.24. The van der Waals surface area contributed by atoms with E-state index in [0.29, 0.717) is 39.0 Å². The number of benzene rings is 4. The third kappa shape index (κ3) is 4.36. The van der Waals surface area contributed by atoms with Gasteiger partial charge in [0.25, 0.3) is 5.91 Å². The fourth-order valence-electron chi connectivity index (χ4n) is 4.24. The van der Waals surface area contributed by atoms with Crippen LogP contribution in [0.25, 0.3) is 33.4 Å². The lowest BCUT2D eigenvalue weighted by molar-refractivity contribution is 0.0962. The molecule has 0 aliphatic carbocycles. The van der Waals surface area contributed by atoms with E-state index in [9.17, 15) is 19.1 Å². The topological polar surface area (TPSA) is 79.5 Å². The number of carbonyl (C=O) groups excluding carboxylic acids is 2. The maximum Gasteiger partial charge on any atom is 0.255 e. The van der Waals surface area contributed by atoms with Gasteiger partial charge in [0, 0.05) is 35.5 Å². The predicted molar refractivity (Wildman–Crippen MR) is 137 cm³/mol. The summed E-state index contributed by atoms with van der Waals surface area (Å²) in [6, 6.07) is 25.3. The summed E-state index contributed by atoms with van der Waals surface area (Å²) < 4.78 is 19.5. The van der Waals surface area contributed by atoms with Crippen LogP contribution in [-0.2, 0) is 6.42 Å². The molecule has 0 bridgehead atoms. The van der Waals surface area contributed by atoms with E-state index in [1.54, 1.807) is 67.7 Å². The van der Waals surface area contributed by atoms with Gasteiger partial charge in [-0.25, -0.2) is 4.39 Å². The molecule has 4 aromatic carbocycles. The molecule has 1 amide bonds. The maximum atomic E-state index is 13.5. The Bertz CT molecular complexity index is 1600. The number of para-hydroxylation sites is 1. The third-order valence-electron chi connectivity index (χ3n) is 6.11. The number of carbonyl (C=O) groups is 2. The summed E-state index contributed by atoms with van der Waals surface area (Å²) in [6.07, 6.45) is 0.0821. The summed E-state index contributed by atoms with van der Waals surface area (Å²) in [5, 5.41) is 13.3. The van der Waals surface area contributed by atoms with Gasteiger partial charge in [0.1, 0.15) is 22.9 Å². The van der Waals surface area contributed by atoms with Crippen LogP contribution in [0.1, 0.15) is 26.3 Å². The summed E-state index contributed by atoms with van der Waals surface area (Å²) in [5.74, 6) is -0.376. The molecule has 5 rings (SSSR count). The second kappa shape index (κ2) is 9.50. The number of rotatable bonds is 6. The molecule has 0 aliphatic rings. The summed E-state index contributed by atoms with van der Waals surface area (Å²) in [6.45, 7) is 0. The molecule has 0 saturated carbocycles. The van der Waals surface area contributed by atoms with Crippen LogP contribution in [0.4, 0.5) is 4.39 Å². The fraction of sp³-hybridized carbons (Fsp3) is 0.0667. The highest BCUT2D eigenvalue weighted by Crippen LogP contribution is 2.36. The van der Waals surface area contributed by atoms with Crippen LogP contribution >= 0.6 is 0 Å². The Balaban J connectivity index is 1.55. The van der Waals surface area contributed by atoms with Crippen molar-refractivity contribution >= 4 is 22.7 Å². The number of ketones is 1. The molecule has 5 nitrogen and oxygen atoms in total. The molecule has 0 radical (unpaired) electrons. The van der Waals surface area contributed by atoms with Crippen LogP contribution in [-0.4, -0.2) is 23.8 Å². The van der Waals surface area contributed by atoms with Gasteiger partial charge in [-0.05, 0) is 59.7 Å². The zero-order valence-corrected chi connectivity index (χ0v) is 19.4. The number of fused-ring (bicyclic) bond motifs is 1. The zero-order chi connectivity index (χ0) is 25.2. The number of halogens is 1. The van der Waals surface area contributed by atoms with Crippen molar-refractivity contribution in [1.29, 1.82) is 0 Å². The number of phenols is 1. The predicted octanol–water partition coefficient (Wildman–Crippen LogP) is 6.40. The van der Waals surface area contributed by atoms with Gasteiger partial charge in [0.2, 0.25) is 0 Å². The number of amides is 1. The first kappa shape index (κ1) is 23.1. The lowest BCUT2D eigenvalue weighted by atomic mass is 9.96. The molecule has 0 atom stereocenters. The van der Waals surface area contributed by atoms with Crippen LogP contribution in [0.5, 0.6) is 5.75 Å². The van der Waals surface area contributed by atoms with Crippen molar-refractivity contribution in [1.82, 2.24) is 5.32 Å². The smallest absolute Gasteiger partial charge is 0.255 e. The molecular weight excluding hydrogens is 457 g/mol. The van der Waals surface area contributed by atoms with E-state index in [0.717, 1.165) is 11.1 Å². The molecule has 0 aliphatic heterocycles. The van der Waals surface area contributed by atoms with Crippen molar-refractivity contribution in [2.24, 2.45) is 0 Å². The molecule has 178 valence electrons. The van der Waals surface area contributed by atoms with Gasteiger partial charge in [-0.2, -0.15) is 0 Å². The number of furan rings is 1. The van der Waals surface area contributed by atoms with Gasteiger partial charge in [0.15, 0.2) is 5.78 Å². The summed E-state index contributed by atoms with van der Waals surface area (Å²) in [4.78, 5) is 25.8. The van der Waals surface area contributed by atoms with Crippen molar-refractivity contribution in [2.45, 2.75) is 6.42 Å². The molecule has 1 aromatic heterocycles. The van der Waals surface area contributed by atoms with E-state index >= 15 is 0 Å². The number of hydrogen-bond donors (Lipinski definition) is 2. The normalized spacial score (nSPS) is 10.9. The van der Waals surface area contributed by atoms with Gasteiger partial charge < -0.3 is 14.8 Å². The number of nitrogens with one attached hydrogen (secondary N) is 1. The van der Waals surface area contributed by atoms with E-state index in [1.165, 1.54) is 12.1 Å². The Hall–Kier alpha value is -4.71. The van der Waals surface area contributed by atoms with E-state index in [2.05, 4.69) is 5.32 Å². The van der Waals surface area contributed by atoms with Gasteiger partial charge in [-0.1, -0.05) is 42.5 Å². The molecular formula is C30H22FNO4. The Kier molecular flexibility index (Phi) is 6.09. The Labute approximate surface area is 206 Å². The van der Waals surface area contributed by atoms with Crippen LogP contribution in [0.2, 0.25) is 0 Å². The Morgan fingerprint density at radius 2 is 1.58 bits per heavy atom. The summed E-state index contributed by atoms with van der Waals surface area (Å²) >= 11 is 0. The monoisotopic (exact) mass is 479 g/mol. The third-order valence-corrected chi connectivity index (χ3v) is 6.11.